The summed E-state index contributed by atoms with van der Waals surface area (Å²) in [7, 11) is 0. The second kappa shape index (κ2) is 8.30. The van der Waals surface area contributed by atoms with E-state index in [4.69, 9.17) is 0 Å². The molecular weight excluding hydrogens is 250 g/mol. The summed E-state index contributed by atoms with van der Waals surface area (Å²) >= 11 is 0. The van der Waals surface area contributed by atoms with E-state index in [-0.39, 0.29) is 17.1 Å². The van der Waals surface area contributed by atoms with E-state index in [2.05, 4.69) is 29.2 Å². The third kappa shape index (κ3) is 5.36. The minimum atomic E-state index is 0. The zero-order valence-electron chi connectivity index (χ0n) is 10.0. The zero-order chi connectivity index (χ0) is 11.1. The number of nitrogens with zero attached hydrogens (tertiary/aromatic N) is 1. The maximum atomic E-state index is 2.52. The second-order valence-electron chi connectivity index (χ2n) is 4.24. The van der Waals surface area contributed by atoms with Crippen LogP contribution in [0.5, 0.6) is 0 Å². The van der Waals surface area contributed by atoms with Gasteiger partial charge >= 0.3 is 0 Å². The van der Waals surface area contributed by atoms with E-state index in [9.17, 15) is 0 Å². The summed E-state index contributed by atoms with van der Waals surface area (Å²) in [6.07, 6.45) is 2.78. The molecule has 0 spiro atoms. The van der Waals surface area contributed by atoms with Gasteiger partial charge in [0.1, 0.15) is 0 Å². The van der Waals surface area contributed by atoms with Gasteiger partial charge in [0, 0.05) is 17.1 Å². The molecule has 0 aliphatic carbocycles. The molecule has 1 heterocycles. The van der Waals surface area contributed by atoms with E-state index in [1.54, 1.807) is 0 Å². The van der Waals surface area contributed by atoms with Gasteiger partial charge in [-0.3, -0.25) is 0 Å². The quantitative estimate of drug-likeness (QED) is 0.596. The van der Waals surface area contributed by atoms with Crippen LogP contribution in [0.1, 0.15) is 18.4 Å². The first-order chi connectivity index (χ1) is 7.95. The first kappa shape index (κ1) is 14.2. The first-order valence-electron chi connectivity index (χ1n) is 6.05. The summed E-state index contributed by atoms with van der Waals surface area (Å²) < 4.78 is 0. The van der Waals surface area contributed by atoms with Crippen LogP contribution in [0.25, 0.3) is 0 Å². The molecule has 1 saturated heterocycles. The summed E-state index contributed by atoms with van der Waals surface area (Å²) in [6, 6.07) is 18.6. The Hall–Kier alpha value is -0.821. The van der Waals surface area contributed by atoms with E-state index in [0.717, 1.165) is 6.54 Å². The molecule has 3 rings (SSSR count). The Morgan fingerprint density at radius 2 is 1.35 bits per heavy atom. The molecule has 1 nitrogen and oxygen atoms in total. The van der Waals surface area contributed by atoms with Crippen molar-refractivity contribution in [3.63, 3.8) is 0 Å². The van der Waals surface area contributed by atoms with Crippen LogP contribution in [0.3, 0.4) is 0 Å². The van der Waals surface area contributed by atoms with Crippen molar-refractivity contribution in [2.75, 3.05) is 13.1 Å². The molecule has 2 aromatic rings. The fraction of sp³-hybridized carbons (Fsp3) is 0.333. The van der Waals surface area contributed by atoms with Gasteiger partial charge < -0.3 is 35.2 Å². The van der Waals surface area contributed by atoms with Gasteiger partial charge in [-0.05, 0) is 32.5 Å². The first-order valence-corrected chi connectivity index (χ1v) is 6.05. The third-order valence-corrected chi connectivity index (χ3v) is 2.89. The molecule has 0 radical (unpaired) electrons. The fourth-order valence-electron chi connectivity index (χ4n) is 2.04. The molecule has 0 aromatic heterocycles. The predicted octanol–water partition coefficient (Wildman–Crippen LogP) is 3.40. The van der Waals surface area contributed by atoms with Crippen LogP contribution in [0, 0.1) is 0 Å². The molecule has 2 aromatic carbocycles. The van der Waals surface area contributed by atoms with Crippen LogP contribution < -0.4 is 0 Å². The van der Waals surface area contributed by atoms with Crippen molar-refractivity contribution in [2.24, 2.45) is 0 Å². The van der Waals surface area contributed by atoms with E-state index in [1.165, 1.54) is 31.5 Å². The van der Waals surface area contributed by atoms with Crippen LogP contribution >= 0.6 is 0 Å². The van der Waals surface area contributed by atoms with Gasteiger partial charge in [0.25, 0.3) is 0 Å². The SMILES string of the molecule is [Fe].[cH-]1[cH-][cH-][cH-][cH-]1.c1cc[c-](CN2CCCC2)c1. The second-order valence-corrected chi connectivity index (χ2v) is 4.24. The van der Waals surface area contributed by atoms with Crippen LogP contribution in [0.4, 0.5) is 0 Å². The maximum Gasteiger partial charge on any atom is 0 e. The average molecular weight is 269 g/mol. The van der Waals surface area contributed by atoms with E-state index in [0.29, 0.717) is 0 Å². The molecule has 2 heteroatoms. The van der Waals surface area contributed by atoms with Crippen molar-refractivity contribution in [3.05, 3.63) is 60.2 Å². The molecule has 0 saturated carbocycles. The Bertz CT molecular complexity index is 327. The number of rotatable bonds is 2. The smallest absolute Gasteiger partial charge is 0 e. The molecule has 1 fully saturated rings. The molecule has 0 atom stereocenters. The van der Waals surface area contributed by atoms with E-state index < -0.39 is 0 Å². The topological polar surface area (TPSA) is 3.24 Å². The van der Waals surface area contributed by atoms with Crippen LogP contribution in [0.2, 0.25) is 0 Å². The van der Waals surface area contributed by atoms with Crippen molar-refractivity contribution in [3.8, 4) is 0 Å². The Balaban J connectivity index is 0.000000205. The molecule has 1 aliphatic heterocycles. The van der Waals surface area contributed by atoms with Crippen molar-refractivity contribution in [1.82, 2.24) is 4.90 Å². The largest absolute Gasteiger partial charge is 0.748 e. The van der Waals surface area contributed by atoms with Gasteiger partial charge in [0.2, 0.25) is 0 Å². The molecule has 0 N–H and O–H groups in total. The summed E-state index contributed by atoms with van der Waals surface area (Å²) in [5.41, 5.74) is 1.46. The molecule has 0 amide bonds. The van der Waals surface area contributed by atoms with Crippen LogP contribution in [-0.4, -0.2) is 18.0 Å². The Morgan fingerprint density at radius 3 is 1.82 bits per heavy atom. The fourth-order valence-corrected chi connectivity index (χ4v) is 2.04. The predicted molar refractivity (Wildman–Crippen MR) is 68.6 cm³/mol. The van der Waals surface area contributed by atoms with Crippen molar-refractivity contribution >= 4 is 0 Å². The normalized spacial score (nSPS) is 14.8. The van der Waals surface area contributed by atoms with Gasteiger partial charge in [-0.1, -0.05) is 0 Å². The van der Waals surface area contributed by atoms with E-state index in [1.807, 2.05) is 30.3 Å². The summed E-state index contributed by atoms with van der Waals surface area (Å²) in [5.74, 6) is 0. The zero-order valence-corrected chi connectivity index (χ0v) is 11.1. The molecule has 98 valence electrons. The molecule has 0 bridgehead atoms. The van der Waals surface area contributed by atoms with Gasteiger partial charge in [0.15, 0.2) is 0 Å². The number of hydrogen-bond donors (Lipinski definition) is 0. The van der Waals surface area contributed by atoms with Gasteiger partial charge in [0.05, 0.1) is 0 Å². The summed E-state index contributed by atoms with van der Waals surface area (Å²) in [6.45, 7) is 3.75. The Morgan fingerprint density at radius 1 is 0.882 bits per heavy atom. The monoisotopic (exact) mass is 269 g/mol. The summed E-state index contributed by atoms with van der Waals surface area (Å²) in [4.78, 5) is 2.52. The minimum absolute atomic E-state index is 0. The Kier molecular flexibility index (Phi) is 6.95. The van der Waals surface area contributed by atoms with Crippen molar-refractivity contribution in [2.45, 2.75) is 19.4 Å². The summed E-state index contributed by atoms with van der Waals surface area (Å²) in [5, 5.41) is 0. The van der Waals surface area contributed by atoms with Crippen molar-refractivity contribution < 1.29 is 17.1 Å². The molecule has 0 unspecified atom stereocenters. The van der Waals surface area contributed by atoms with Crippen molar-refractivity contribution in [1.29, 1.82) is 0 Å². The average Bonchev–Trinajstić information content (AvgIpc) is 3.05. The molecule has 1 aliphatic rings. The number of likely N-dealkylation sites (tertiary alicyclic amines) is 1. The van der Waals surface area contributed by atoms with Gasteiger partial charge in [-0.2, -0.15) is 12.1 Å². The minimum Gasteiger partial charge on any atom is -0.748 e. The maximum absolute atomic E-state index is 2.52. The Labute approximate surface area is 115 Å². The standard InChI is InChI=1S/C10H14N.C5H5.Fe/c1-2-6-10(5-1)9-11-7-3-4-8-11;1-2-4-5-3-1;/h1-2,5-6H,3-4,7-9H2;1-5H;/q-1;-5;. The van der Waals surface area contributed by atoms with E-state index >= 15 is 0 Å². The van der Waals surface area contributed by atoms with Gasteiger partial charge in [-0.15, -0.1) is 5.56 Å². The molecule has 17 heavy (non-hydrogen) atoms. The number of hydrogen-bond acceptors (Lipinski definition) is 1. The third-order valence-electron chi connectivity index (χ3n) is 2.89. The van der Waals surface area contributed by atoms with Gasteiger partial charge in [-0.25, -0.2) is 12.1 Å². The van der Waals surface area contributed by atoms with Crippen LogP contribution in [0.15, 0.2) is 54.6 Å². The van der Waals surface area contributed by atoms with Crippen LogP contribution in [-0.2, 0) is 23.6 Å². The molecular formula is C15H19FeN-6.